The average molecular weight is 238 g/mol. The first-order chi connectivity index (χ1) is 8.06. The Hall–Kier alpha value is -2.11. The summed E-state index contributed by atoms with van der Waals surface area (Å²) in [6.45, 7) is 5.64. The molecule has 1 aromatic rings. The molecule has 1 heterocycles. The summed E-state index contributed by atoms with van der Waals surface area (Å²) in [5.41, 5.74) is 0.622. The van der Waals surface area contributed by atoms with Gasteiger partial charge in [-0.3, -0.25) is 4.68 Å². The smallest absolute Gasteiger partial charge is 0.359 e. The van der Waals surface area contributed by atoms with Gasteiger partial charge in [-0.25, -0.2) is 9.59 Å². The number of rotatable bonds is 4. The van der Waals surface area contributed by atoms with Gasteiger partial charge in [-0.05, 0) is 6.92 Å². The highest BCUT2D eigenvalue weighted by Gasteiger charge is 2.26. The van der Waals surface area contributed by atoms with E-state index in [1.54, 1.807) is 13.0 Å². The molecule has 0 aliphatic carbocycles. The third kappa shape index (κ3) is 2.35. The Bertz CT molecular complexity index is 462. The van der Waals surface area contributed by atoms with Gasteiger partial charge in [0.05, 0.1) is 26.5 Å². The molecule has 0 saturated heterocycles. The van der Waals surface area contributed by atoms with Gasteiger partial charge in [0, 0.05) is 0 Å². The van der Waals surface area contributed by atoms with Crippen LogP contribution in [-0.2, 0) is 16.0 Å². The number of aromatic nitrogens is 2. The van der Waals surface area contributed by atoms with Crippen molar-refractivity contribution in [2.45, 2.75) is 13.5 Å². The molecule has 0 spiro atoms. The minimum atomic E-state index is -0.670. The Morgan fingerprint density at radius 3 is 2.41 bits per heavy atom. The first-order valence-electron chi connectivity index (χ1n) is 4.91. The van der Waals surface area contributed by atoms with Gasteiger partial charge < -0.3 is 9.47 Å². The molecule has 0 saturated carbocycles. The third-order valence-corrected chi connectivity index (χ3v) is 2.28. The van der Waals surface area contributed by atoms with E-state index < -0.39 is 11.9 Å². The molecule has 6 heteroatoms. The van der Waals surface area contributed by atoms with Gasteiger partial charge in [-0.1, -0.05) is 6.08 Å². The molecule has 17 heavy (non-hydrogen) atoms. The first-order valence-corrected chi connectivity index (χ1v) is 4.91. The number of methoxy groups -OCH3 is 2. The van der Waals surface area contributed by atoms with Crippen molar-refractivity contribution in [2.75, 3.05) is 14.2 Å². The molecule has 0 unspecified atom stereocenters. The van der Waals surface area contributed by atoms with Crippen LogP contribution >= 0.6 is 0 Å². The Morgan fingerprint density at radius 2 is 1.94 bits per heavy atom. The molecular formula is C11H14N2O4. The van der Waals surface area contributed by atoms with Crippen LogP contribution in [-0.4, -0.2) is 35.9 Å². The van der Waals surface area contributed by atoms with Gasteiger partial charge in [-0.15, -0.1) is 6.58 Å². The predicted molar refractivity (Wildman–Crippen MR) is 59.8 cm³/mol. The summed E-state index contributed by atoms with van der Waals surface area (Å²) >= 11 is 0. The van der Waals surface area contributed by atoms with Crippen LogP contribution in [0, 0.1) is 6.92 Å². The maximum atomic E-state index is 11.6. The standard InChI is InChI=1S/C11H14N2O4/c1-5-6-13-7(2)8(10(14)16-3)9(12-13)11(15)17-4/h5H,1,6H2,2-4H3. The maximum Gasteiger partial charge on any atom is 0.359 e. The SMILES string of the molecule is C=CCn1nc(C(=O)OC)c(C(=O)OC)c1C. The Balaban J connectivity index is 3.36. The van der Waals surface area contributed by atoms with Gasteiger partial charge in [0.15, 0.2) is 5.69 Å². The number of ether oxygens (including phenoxy) is 2. The molecule has 1 rings (SSSR count). The fourth-order valence-electron chi connectivity index (χ4n) is 1.43. The fraction of sp³-hybridized carbons (Fsp3) is 0.364. The topological polar surface area (TPSA) is 70.4 Å². The summed E-state index contributed by atoms with van der Waals surface area (Å²) in [5, 5.41) is 4.01. The second-order valence-electron chi connectivity index (χ2n) is 3.26. The van der Waals surface area contributed by atoms with Crippen molar-refractivity contribution in [3.8, 4) is 0 Å². The van der Waals surface area contributed by atoms with E-state index in [-0.39, 0.29) is 11.3 Å². The van der Waals surface area contributed by atoms with Gasteiger partial charge in [0.2, 0.25) is 0 Å². The Kier molecular flexibility index (Phi) is 4.03. The average Bonchev–Trinajstić information content (AvgIpc) is 2.65. The van der Waals surface area contributed by atoms with Gasteiger partial charge >= 0.3 is 11.9 Å². The minimum absolute atomic E-state index is 0.0429. The van der Waals surface area contributed by atoms with Crippen LogP contribution in [0.25, 0.3) is 0 Å². The second-order valence-corrected chi connectivity index (χ2v) is 3.26. The lowest BCUT2D eigenvalue weighted by Crippen LogP contribution is -2.11. The summed E-state index contributed by atoms with van der Waals surface area (Å²) in [6, 6.07) is 0. The van der Waals surface area contributed by atoms with E-state index in [4.69, 9.17) is 0 Å². The number of hydrogen-bond donors (Lipinski definition) is 0. The second kappa shape index (κ2) is 5.29. The maximum absolute atomic E-state index is 11.6. The van der Waals surface area contributed by atoms with Crippen LogP contribution < -0.4 is 0 Å². The Labute approximate surface area is 98.8 Å². The highest BCUT2D eigenvalue weighted by molar-refractivity contribution is 6.02. The highest BCUT2D eigenvalue weighted by atomic mass is 16.5. The molecule has 0 atom stereocenters. The zero-order chi connectivity index (χ0) is 13.0. The first kappa shape index (κ1) is 13.0. The van der Waals surface area contributed by atoms with Crippen LogP contribution in [0.2, 0.25) is 0 Å². The quantitative estimate of drug-likeness (QED) is 0.577. The predicted octanol–water partition coefficient (Wildman–Crippen LogP) is 0.951. The summed E-state index contributed by atoms with van der Waals surface area (Å²) in [4.78, 5) is 23.1. The number of hydrogen-bond acceptors (Lipinski definition) is 5. The van der Waals surface area contributed by atoms with Gasteiger partial charge in [-0.2, -0.15) is 5.10 Å². The van der Waals surface area contributed by atoms with Crippen LogP contribution in [0.1, 0.15) is 26.5 Å². The van der Waals surface area contributed by atoms with E-state index in [1.807, 2.05) is 0 Å². The molecule has 6 nitrogen and oxygen atoms in total. The lowest BCUT2D eigenvalue weighted by atomic mass is 10.2. The molecule has 0 N–H and O–H groups in total. The number of nitrogens with zero attached hydrogens (tertiary/aromatic N) is 2. The molecular weight excluding hydrogens is 224 g/mol. The zero-order valence-electron chi connectivity index (χ0n) is 10.0. The number of carbonyl (C=O) groups excluding carboxylic acids is 2. The van der Waals surface area contributed by atoms with Crippen molar-refractivity contribution >= 4 is 11.9 Å². The zero-order valence-corrected chi connectivity index (χ0v) is 10.0. The number of allylic oxidation sites excluding steroid dienone is 1. The molecule has 1 aromatic heterocycles. The molecule has 0 fully saturated rings. The summed E-state index contributed by atoms with van der Waals surface area (Å²) in [5.74, 6) is -1.28. The lowest BCUT2D eigenvalue weighted by Gasteiger charge is -2.01. The van der Waals surface area contributed by atoms with E-state index >= 15 is 0 Å². The van der Waals surface area contributed by atoms with E-state index in [0.717, 1.165) is 0 Å². The van der Waals surface area contributed by atoms with Crippen LogP contribution in [0.15, 0.2) is 12.7 Å². The fourth-order valence-corrected chi connectivity index (χ4v) is 1.43. The van der Waals surface area contributed by atoms with Gasteiger partial charge in [0.25, 0.3) is 0 Å². The van der Waals surface area contributed by atoms with Crippen molar-refractivity contribution in [1.29, 1.82) is 0 Å². The molecule has 0 aliphatic heterocycles. The molecule has 0 bridgehead atoms. The summed E-state index contributed by atoms with van der Waals surface area (Å²) < 4.78 is 10.7. The van der Waals surface area contributed by atoms with Crippen molar-refractivity contribution in [2.24, 2.45) is 0 Å². The summed E-state index contributed by atoms with van der Waals surface area (Å²) in [6.07, 6.45) is 1.61. The lowest BCUT2D eigenvalue weighted by molar-refractivity contribution is 0.0551. The summed E-state index contributed by atoms with van der Waals surface area (Å²) in [7, 11) is 2.47. The van der Waals surface area contributed by atoms with Crippen LogP contribution in [0.5, 0.6) is 0 Å². The molecule has 0 amide bonds. The minimum Gasteiger partial charge on any atom is -0.465 e. The monoisotopic (exact) mass is 238 g/mol. The van der Waals surface area contributed by atoms with E-state index in [1.165, 1.54) is 18.9 Å². The molecule has 0 aromatic carbocycles. The van der Waals surface area contributed by atoms with E-state index in [9.17, 15) is 9.59 Å². The van der Waals surface area contributed by atoms with Crippen molar-refractivity contribution < 1.29 is 19.1 Å². The largest absolute Gasteiger partial charge is 0.465 e. The molecule has 92 valence electrons. The van der Waals surface area contributed by atoms with Crippen molar-refractivity contribution in [1.82, 2.24) is 9.78 Å². The Morgan fingerprint density at radius 1 is 1.35 bits per heavy atom. The number of esters is 2. The van der Waals surface area contributed by atoms with Crippen LogP contribution in [0.3, 0.4) is 0 Å². The van der Waals surface area contributed by atoms with Gasteiger partial charge in [0.1, 0.15) is 5.56 Å². The van der Waals surface area contributed by atoms with Crippen molar-refractivity contribution in [3.63, 3.8) is 0 Å². The van der Waals surface area contributed by atoms with E-state index in [0.29, 0.717) is 12.2 Å². The third-order valence-electron chi connectivity index (χ3n) is 2.28. The molecule has 0 aliphatic rings. The highest BCUT2D eigenvalue weighted by Crippen LogP contribution is 2.16. The number of carbonyl (C=O) groups is 2. The van der Waals surface area contributed by atoms with Crippen molar-refractivity contribution in [3.05, 3.63) is 29.6 Å². The normalized spacial score (nSPS) is 9.82. The molecule has 0 radical (unpaired) electrons. The van der Waals surface area contributed by atoms with E-state index in [2.05, 4.69) is 21.2 Å². The van der Waals surface area contributed by atoms with Crippen LogP contribution in [0.4, 0.5) is 0 Å².